The van der Waals surface area contributed by atoms with Crippen molar-refractivity contribution in [3.05, 3.63) is 41.1 Å². The van der Waals surface area contributed by atoms with Crippen molar-refractivity contribution in [2.75, 3.05) is 13.1 Å². The highest BCUT2D eigenvalue weighted by Crippen LogP contribution is 2.23. The van der Waals surface area contributed by atoms with Crippen molar-refractivity contribution < 1.29 is 4.52 Å². The number of halogens is 1. The minimum absolute atomic E-state index is 0.736. The summed E-state index contributed by atoms with van der Waals surface area (Å²) in [6.45, 7) is 5.47. The second kappa shape index (κ2) is 5.98. The van der Waals surface area contributed by atoms with Gasteiger partial charge in [-0.25, -0.2) is 0 Å². The predicted octanol–water partition coefficient (Wildman–Crippen LogP) is 4.23. The van der Waals surface area contributed by atoms with Crippen molar-refractivity contribution in [1.82, 2.24) is 10.1 Å². The molecular weight excluding hydrogens is 272 g/mol. The molecule has 1 aliphatic heterocycles. The Hall–Kier alpha value is -1.32. The van der Waals surface area contributed by atoms with Crippen molar-refractivity contribution in [3.63, 3.8) is 0 Å². The van der Waals surface area contributed by atoms with Gasteiger partial charge in [0, 0.05) is 23.2 Å². The third kappa shape index (κ3) is 3.22. The van der Waals surface area contributed by atoms with Crippen LogP contribution in [0.4, 0.5) is 0 Å². The molecule has 0 amide bonds. The van der Waals surface area contributed by atoms with Gasteiger partial charge in [-0.15, -0.1) is 0 Å². The molecule has 2 aromatic rings. The lowest BCUT2D eigenvalue weighted by Gasteiger charge is -2.29. The molecule has 1 atom stereocenters. The number of nitrogens with zero attached hydrogens (tertiary/aromatic N) is 2. The number of hydrogen-bond donors (Lipinski definition) is 0. The number of piperidine rings is 1. The van der Waals surface area contributed by atoms with Gasteiger partial charge in [0.05, 0.1) is 6.54 Å². The lowest BCUT2D eigenvalue weighted by atomic mass is 10.0. The summed E-state index contributed by atoms with van der Waals surface area (Å²) in [5.74, 6) is 1.71. The van der Waals surface area contributed by atoms with E-state index < -0.39 is 0 Å². The van der Waals surface area contributed by atoms with Crippen molar-refractivity contribution in [1.29, 1.82) is 0 Å². The van der Waals surface area contributed by atoms with Gasteiger partial charge in [0.15, 0.2) is 5.76 Å². The van der Waals surface area contributed by atoms with Crippen LogP contribution in [0.5, 0.6) is 0 Å². The number of benzene rings is 1. The van der Waals surface area contributed by atoms with E-state index in [0.29, 0.717) is 0 Å². The van der Waals surface area contributed by atoms with Crippen molar-refractivity contribution in [2.24, 2.45) is 5.92 Å². The molecule has 0 radical (unpaired) electrons. The normalized spacial score (nSPS) is 20.2. The molecule has 106 valence electrons. The first kappa shape index (κ1) is 13.7. The minimum Gasteiger partial charge on any atom is -0.359 e. The molecular formula is C16H19ClN2O. The third-order valence-electron chi connectivity index (χ3n) is 3.82. The molecule has 0 N–H and O–H groups in total. The van der Waals surface area contributed by atoms with Crippen LogP contribution in [0.3, 0.4) is 0 Å². The molecule has 0 saturated carbocycles. The molecule has 0 aliphatic carbocycles. The number of aromatic nitrogens is 1. The van der Waals surface area contributed by atoms with Crippen LogP contribution in [-0.4, -0.2) is 23.1 Å². The smallest absolute Gasteiger partial charge is 0.151 e. The summed E-state index contributed by atoms with van der Waals surface area (Å²) in [6, 6.07) is 9.71. The van der Waals surface area contributed by atoms with Gasteiger partial charge in [0.2, 0.25) is 0 Å². The summed E-state index contributed by atoms with van der Waals surface area (Å²) in [6.07, 6.45) is 2.61. The fourth-order valence-electron chi connectivity index (χ4n) is 2.79. The van der Waals surface area contributed by atoms with Gasteiger partial charge in [-0.05, 0) is 37.4 Å². The molecule has 0 bridgehead atoms. The third-order valence-corrected chi connectivity index (χ3v) is 4.07. The van der Waals surface area contributed by atoms with Crippen LogP contribution in [0, 0.1) is 5.92 Å². The average molecular weight is 291 g/mol. The molecule has 1 aliphatic rings. The molecule has 1 aromatic heterocycles. The highest BCUT2D eigenvalue weighted by Gasteiger charge is 2.18. The first-order chi connectivity index (χ1) is 9.70. The van der Waals surface area contributed by atoms with E-state index in [4.69, 9.17) is 16.1 Å². The Kier molecular flexibility index (Phi) is 4.08. The van der Waals surface area contributed by atoms with E-state index in [2.05, 4.69) is 17.0 Å². The minimum atomic E-state index is 0.736. The van der Waals surface area contributed by atoms with E-state index in [0.717, 1.165) is 47.6 Å². The number of likely N-dealkylation sites (tertiary alicyclic amines) is 1. The molecule has 1 saturated heterocycles. The zero-order valence-electron chi connectivity index (χ0n) is 11.7. The van der Waals surface area contributed by atoms with Crippen LogP contribution < -0.4 is 0 Å². The standard InChI is InChI=1S/C16H19ClN2O/c1-12-3-2-8-19(10-12)11-15-9-16(18-20-15)13-4-6-14(17)7-5-13/h4-7,9,12H,2-3,8,10-11H2,1H3. The maximum absolute atomic E-state index is 5.90. The maximum atomic E-state index is 5.90. The lowest BCUT2D eigenvalue weighted by molar-refractivity contribution is 0.160. The summed E-state index contributed by atoms with van der Waals surface area (Å²) in [7, 11) is 0. The molecule has 20 heavy (non-hydrogen) atoms. The van der Waals surface area contributed by atoms with Gasteiger partial charge in [0.1, 0.15) is 5.69 Å². The SMILES string of the molecule is CC1CCCN(Cc2cc(-c3ccc(Cl)cc3)no2)C1. The molecule has 3 rings (SSSR count). The summed E-state index contributed by atoms with van der Waals surface area (Å²) in [5, 5.41) is 4.89. The lowest BCUT2D eigenvalue weighted by Crippen LogP contribution is -2.33. The zero-order chi connectivity index (χ0) is 13.9. The molecule has 1 aromatic carbocycles. The first-order valence-electron chi connectivity index (χ1n) is 7.14. The quantitative estimate of drug-likeness (QED) is 0.847. The molecule has 3 nitrogen and oxygen atoms in total. The molecule has 0 spiro atoms. The fraction of sp³-hybridized carbons (Fsp3) is 0.438. The molecule has 1 fully saturated rings. The molecule has 1 unspecified atom stereocenters. The van der Waals surface area contributed by atoms with E-state index in [1.54, 1.807) is 0 Å². The number of hydrogen-bond acceptors (Lipinski definition) is 3. The Morgan fingerprint density at radius 2 is 2.15 bits per heavy atom. The Morgan fingerprint density at radius 1 is 1.35 bits per heavy atom. The first-order valence-corrected chi connectivity index (χ1v) is 7.52. The van der Waals surface area contributed by atoms with E-state index in [-0.39, 0.29) is 0 Å². The van der Waals surface area contributed by atoms with Crippen molar-refractivity contribution in [2.45, 2.75) is 26.3 Å². The largest absolute Gasteiger partial charge is 0.359 e. The zero-order valence-corrected chi connectivity index (χ0v) is 12.4. The second-order valence-corrected chi connectivity index (χ2v) is 6.10. The van der Waals surface area contributed by atoms with Crippen LogP contribution in [-0.2, 0) is 6.54 Å². The van der Waals surface area contributed by atoms with Crippen LogP contribution in [0.2, 0.25) is 5.02 Å². The van der Waals surface area contributed by atoms with Crippen molar-refractivity contribution >= 4 is 11.6 Å². The van der Waals surface area contributed by atoms with E-state index >= 15 is 0 Å². The average Bonchev–Trinajstić information content (AvgIpc) is 2.88. The Morgan fingerprint density at radius 3 is 2.90 bits per heavy atom. The van der Waals surface area contributed by atoms with Crippen molar-refractivity contribution in [3.8, 4) is 11.3 Å². The Balaban J connectivity index is 1.69. The Labute approximate surface area is 124 Å². The van der Waals surface area contributed by atoms with Gasteiger partial charge in [-0.3, -0.25) is 4.90 Å². The topological polar surface area (TPSA) is 29.3 Å². The summed E-state index contributed by atoms with van der Waals surface area (Å²) in [5.41, 5.74) is 1.91. The maximum Gasteiger partial charge on any atom is 0.151 e. The van der Waals surface area contributed by atoms with E-state index in [1.165, 1.54) is 12.8 Å². The summed E-state index contributed by atoms with van der Waals surface area (Å²) >= 11 is 5.90. The summed E-state index contributed by atoms with van der Waals surface area (Å²) < 4.78 is 5.46. The predicted molar refractivity (Wildman–Crippen MR) is 80.6 cm³/mol. The summed E-state index contributed by atoms with van der Waals surface area (Å²) in [4.78, 5) is 2.44. The fourth-order valence-corrected chi connectivity index (χ4v) is 2.92. The van der Waals surface area contributed by atoms with Gasteiger partial charge >= 0.3 is 0 Å². The van der Waals surface area contributed by atoms with Gasteiger partial charge in [-0.2, -0.15) is 0 Å². The molecule has 2 heterocycles. The van der Waals surface area contributed by atoms with Gasteiger partial charge < -0.3 is 4.52 Å². The second-order valence-electron chi connectivity index (χ2n) is 5.67. The van der Waals surface area contributed by atoms with E-state index in [1.807, 2.05) is 30.3 Å². The highest BCUT2D eigenvalue weighted by molar-refractivity contribution is 6.30. The van der Waals surface area contributed by atoms with E-state index in [9.17, 15) is 0 Å². The van der Waals surface area contributed by atoms with Gasteiger partial charge in [0.25, 0.3) is 0 Å². The Bertz CT molecular complexity index is 564. The highest BCUT2D eigenvalue weighted by atomic mass is 35.5. The van der Waals surface area contributed by atoms with Crippen LogP contribution in [0.25, 0.3) is 11.3 Å². The monoisotopic (exact) mass is 290 g/mol. The van der Waals surface area contributed by atoms with Crippen LogP contribution in [0.1, 0.15) is 25.5 Å². The van der Waals surface area contributed by atoms with Gasteiger partial charge in [-0.1, -0.05) is 35.8 Å². The molecule has 4 heteroatoms. The number of rotatable bonds is 3. The van der Waals surface area contributed by atoms with Crippen LogP contribution >= 0.6 is 11.6 Å². The van der Waals surface area contributed by atoms with Crippen LogP contribution in [0.15, 0.2) is 34.9 Å².